The van der Waals surface area contributed by atoms with Crippen LogP contribution in [0.2, 0.25) is 0 Å². The highest BCUT2D eigenvalue weighted by atomic mass is 32.2. The standard InChI is InChI=1S/C18H24N4OS/c1-18(2,3)24-16-12-14(4-7-20-16)17(23)21-9-5-15(6-10-21)22-11-8-19-13-22/h4,7-8,11-13,15H,5-6,9-10H2,1-3H3. The van der Waals surface area contributed by atoms with Gasteiger partial charge in [0.2, 0.25) is 0 Å². The third-order valence-corrected chi connectivity index (χ3v) is 5.14. The van der Waals surface area contributed by atoms with Crippen LogP contribution < -0.4 is 0 Å². The van der Waals surface area contributed by atoms with Gasteiger partial charge in [-0.1, -0.05) is 20.8 Å². The number of carbonyl (C=O) groups is 1. The molecule has 2 aromatic rings. The van der Waals surface area contributed by atoms with Gasteiger partial charge in [-0.3, -0.25) is 4.79 Å². The van der Waals surface area contributed by atoms with Crippen LogP contribution in [0.3, 0.4) is 0 Å². The van der Waals surface area contributed by atoms with Crippen LogP contribution in [0.5, 0.6) is 0 Å². The summed E-state index contributed by atoms with van der Waals surface area (Å²) in [5, 5.41) is 0.904. The van der Waals surface area contributed by atoms with Crippen LogP contribution in [-0.2, 0) is 0 Å². The van der Waals surface area contributed by atoms with Gasteiger partial charge < -0.3 is 9.47 Å². The molecule has 0 radical (unpaired) electrons. The van der Waals surface area contributed by atoms with E-state index in [1.165, 1.54) is 0 Å². The summed E-state index contributed by atoms with van der Waals surface area (Å²) in [6.45, 7) is 8.01. The number of amides is 1. The Hall–Kier alpha value is -1.82. The zero-order valence-corrected chi connectivity index (χ0v) is 15.3. The minimum absolute atomic E-state index is 0.0812. The van der Waals surface area contributed by atoms with Crippen LogP contribution in [0, 0.1) is 0 Å². The van der Waals surface area contributed by atoms with Gasteiger partial charge in [0.15, 0.2) is 0 Å². The number of likely N-dealkylation sites (tertiary alicyclic amines) is 1. The van der Waals surface area contributed by atoms with E-state index in [9.17, 15) is 4.79 Å². The minimum atomic E-state index is 0.0812. The lowest BCUT2D eigenvalue weighted by Gasteiger charge is -2.32. The van der Waals surface area contributed by atoms with Crippen LogP contribution >= 0.6 is 11.8 Å². The molecule has 3 rings (SSSR count). The van der Waals surface area contributed by atoms with Gasteiger partial charge in [0, 0.05) is 48.0 Å². The molecule has 2 aromatic heterocycles. The topological polar surface area (TPSA) is 51.0 Å². The average Bonchev–Trinajstić information content (AvgIpc) is 3.07. The molecule has 5 nitrogen and oxygen atoms in total. The lowest BCUT2D eigenvalue weighted by atomic mass is 10.0. The molecule has 0 unspecified atom stereocenters. The zero-order valence-electron chi connectivity index (χ0n) is 14.5. The van der Waals surface area contributed by atoms with Crippen LogP contribution in [0.25, 0.3) is 0 Å². The molecular weight excluding hydrogens is 320 g/mol. The summed E-state index contributed by atoms with van der Waals surface area (Å²) in [6, 6.07) is 4.18. The Balaban J connectivity index is 1.64. The molecular formula is C18H24N4OS. The van der Waals surface area contributed by atoms with Gasteiger partial charge in [-0.2, -0.15) is 0 Å². The SMILES string of the molecule is CC(C)(C)Sc1cc(C(=O)N2CCC(n3ccnc3)CC2)ccn1. The van der Waals surface area contributed by atoms with Crippen molar-refractivity contribution in [3.8, 4) is 0 Å². The van der Waals surface area contributed by atoms with Crippen molar-refractivity contribution < 1.29 is 4.79 Å². The van der Waals surface area contributed by atoms with Crippen molar-refractivity contribution in [1.82, 2.24) is 19.4 Å². The molecule has 1 amide bonds. The van der Waals surface area contributed by atoms with E-state index in [2.05, 4.69) is 35.3 Å². The molecule has 0 saturated carbocycles. The summed E-state index contributed by atoms with van der Waals surface area (Å²) in [7, 11) is 0. The van der Waals surface area contributed by atoms with E-state index in [1.54, 1.807) is 18.0 Å². The summed E-state index contributed by atoms with van der Waals surface area (Å²) in [5.74, 6) is 0.109. The van der Waals surface area contributed by atoms with Crippen LogP contribution in [0.4, 0.5) is 0 Å². The summed E-state index contributed by atoms with van der Waals surface area (Å²) in [6.07, 6.45) is 9.35. The first-order valence-corrected chi connectivity index (χ1v) is 9.16. The molecule has 128 valence electrons. The quantitative estimate of drug-likeness (QED) is 0.798. The van der Waals surface area contributed by atoms with Crippen molar-refractivity contribution in [3.63, 3.8) is 0 Å². The van der Waals surface area contributed by atoms with Crippen molar-refractivity contribution in [2.45, 2.75) is 49.4 Å². The van der Waals surface area contributed by atoms with Crippen molar-refractivity contribution in [3.05, 3.63) is 42.6 Å². The van der Waals surface area contributed by atoms with Gasteiger partial charge in [-0.25, -0.2) is 9.97 Å². The number of carbonyl (C=O) groups excluding carboxylic acids is 1. The van der Waals surface area contributed by atoms with Gasteiger partial charge in [0.1, 0.15) is 0 Å². The predicted molar refractivity (Wildman–Crippen MR) is 96.2 cm³/mol. The number of hydrogen-bond acceptors (Lipinski definition) is 4. The molecule has 0 bridgehead atoms. The number of thioether (sulfide) groups is 1. The summed E-state index contributed by atoms with van der Waals surface area (Å²) in [5.41, 5.74) is 0.734. The first kappa shape index (κ1) is 17.0. The second-order valence-electron chi connectivity index (χ2n) is 7.13. The van der Waals surface area contributed by atoms with Gasteiger partial charge in [-0.05, 0) is 25.0 Å². The second kappa shape index (κ2) is 6.97. The highest BCUT2D eigenvalue weighted by Crippen LogP contribution is 2.31. The molecule has 0 atom stereocenters. The molecule has 3 heterocycles. The molecule has 0 aliphatic carbocycles. The number of rotatable bonds is 3. The minimum Gasteiger partial charge on any atom is -0.338 e. The first-order chi connectivity index (χ1) is 11.4. The Morgan fingerprint density at radius 1 is 1.25 bits per heavy atom. The molecule has 0 aromatic carbocycles. The summed E-state index contributed by atoms with van der Waals surface area (Å²) >= 11 is 1.69. The third kappa shape index (κ3) is 4.17. The Bertz CT molecular complexity index is 685. The van der Waals surface area contributed by atoms with E-state index < -0.39 is 0 Å². The lowest BCUT2D eigenvalue weighted by Crippen LogP contribution is -2.39. The van der Waals surface area contributed by atoms with Gasteiger partial charge >= 0.3 is 0 Å². The Morgan fingerprint density at radius 3 is 2.62 bits per heavy atom. The Morgan fingerprint density at radius 2 is 2.00 bits per heavy atom. The van der Waals surface area contributed by atoms with Gasteiger partial charge in [0.05, 0.1) is 11.4 Å². The Labute approximate surface area is 147 Å². The monoisotopic (exact) mass is 344 g/mol. The smallest absolute Gasteiger partial charge is 0.254 e. The fourth-order valence-corrected chi connectivity index (χ4v) is 3.87. The number of nitrogens with zero attached hydrogens (tertiary/aromatic N) is 4. The number of hydrogen-bond donors (Lipinski definition) is 0. The maximum atomic E-state index is 12.8. The van der Waals surface area contributed by atoms with Gasteiger partial charge in [0.25, 0.3) is 5.91 Å². The first-order valence-electron chi connectivity index (χ1n) is 8.34. The number of piperidine rings is 1. The summed E-state index contributed by atoms with van der Waals surface area (Å²) in [4.78, 5) is 23.2. The van der Waals surface area contributed by atoms with Crippen molar-refractivity contribution in [2.24, 2.45) is 0 Å². The highest BCUT2D eigenvalue weighted by Gasteiger charge is 2.25. The third-order valence-electron chi connectivity index (χ3n) is 4.09. The number of aromatic nitrogens is 3. The van der Waals surface area contributed by atoms with E-state index in [0.29, 0.717) is 6.04 Å². The average molecular weight is 344 g/mol. The van der Waals surface area contributed by atoms with Crippen molar-refractivity contribution in [2.75, 3.05) is 13.1 Å². The van der Waals surface area contributed by atoms with E-state index in [0.717, 1.165) is 36.5 Å². The fraction of sp³-hybridized carbons (Fsp3) is 0.500. The molecule has 0 N–H and O–H groups in total. The molecule has 1 saturated heterocycles. The van der Waals surface area contributed by atoms with E-state index >= 15 is 0 Å². The van der Waals surface area contributed by atoms with Gasteiger partial charge in [-0.15, -0.1) is 11.8 Å². The van der Waals surface area contributed by atoms with Crippen LogP contribution in [0.1, 0.15) is 50.0 Å². The number of pyridine rings is 1. The molecule has 1 aliphatic heterocycles. The second-order valence-corrected chi connectivity index (χ2v) is 8.98. The predicted octanol–water partition coefficient (Wildman–Crippen LogP) is 3.65. The maximum Gasteiger partial charge on any atom is 0.254 e. The van der Waals surface area contributed by atoms with Crippen molar-refractivity contribution in [1.29, 1.82) is 0 Å². The zero-order chi connectivity index (χ0) is 17.2. The fourth-order valence-electron chi connectivity index (χ4n) is 2.95. The van der Waals surface area contributed by atoms with Crippen molar-refractivity contribution >= 4 is 17.7 Å². The molecule has 1 aliphatic rings. The van der Waals surface area contributed by atoms with Crippen LogP contribution in [0.15, 0.2) is 42.1 Å². The largest absolute Gasteiger partial charge is 0.338 e. The number of imidazole rings is 1. The molecule has 1 fully saturated rings. The van der Waals surface area contributed by atoms with Crippen LogP contribution in [-0.4, -0.2) is 43.2 Å². The Kier molecular flexibility index (Phi) is 4.94. The van der Waals surface area contributed by atoms with E-state index in [4.69, 9.17) is 0 Å². The molecule has 6 heteroatoms. The van der Waals surface area contributed by atoms with E-state index in [1.807, 2.05) is 35.8 Å². The lowest BCUT2D eigenvalue weighted by molar-refractivity contribution is 0.0694. The highest BCUT2D eigenvalue weighted by molar-refractivity contribution is 8.00. The molecule has 0 spiro atoms. The summed E-state index contributed by atoms with van der Waals surface area (Å²) < 4.78 is 2.23. The normalized spacial score (nSPS) is 16.4. The maximum absolute atomic E-state index is 12.8. The molecule has 24 heavy (non-hydrogen) atoms. The van der Waals surface area contributed by atoms with E-state index in [-0.39, 0.29) is 10.7 Å².